The van der Waals surface area contributed by atoms with E-state index in [1.165, 1.54) is 22.5 Å². The van der Waals surface area contributed by atoms with Crippen molar-refractivity contribution < 1.29 is 17.3 Å². The van der Waals surface area contributed by atoms with Crippen LogP contribution in [0.25, 0.3) is 0 Å². The van der Waals surface area contributed by atoms with Crippen molar-refractivity contribution in [1.29, 1.82) is 0 Å². The number of hydrogen-bond acceptors (Lipinski definition) is 5. The smallest absolute Gasteiger partial charge is 0.243 e. The van der Waals surface area contributed by atoms with Crippen LogP contribution in [0, 0.1) is 5.82 Å². The summed E-state index contributed by atoms with van der Waals surface area (Å²) < 4.78 is 45.2. The molecule has 1 aromatic carbocycles. The summed E-state index contributed by atoms with van der Waals surface area (Å²) in [6, 6.07) is 5.08. The Balaban J connectivity index is 1.82. The van der Waals surface area contributed by atoms with E-state index in [1.54, 1.807) is 0 Å². The van der Waals surface area contributed by atoms with E-state index in [4.69, 9.17) is 4.52 Å². The lowest BCUT2D eigenvalue weighted by molar-refractivity contribution is 0.300. The van der Waals surface area contributed by atoms with Crippen molar-refractivity contribution in [3.8, 4) is 0 Å². The van der Waals surface area contributed by atoms with Crippen LogP contribution in [0.3, 0.4) is 0 Å². The predicted molar refractivity (Wildman–Crippen MR) is 80.8 cm³/mol. The lowest BCUT2D eigenvalue weighted by atomic mass is 9.99. The Labute approximate surface area is 134 Å². The van der Waals surface area contributed by atoms with E-state index in [0.717, 1.165) is 12.5 Å². The van der Waals surface area contributed by atoms with Crippen LogP contribution in [0.1, 0.15) is 37.4 Å². The molecule has 0 bridgehead atoms. The van der Waals surface area contributed by atoms with Gasteiger partial charge in [0.25, 0.3) is 0 Å². The van der Waals surface area contributed by atoms with Gasteiger partial charge in [-0.2, -0.15) is 9.29 Å². The SMILES string of the molecule is CCc1nc([C@H]2CCCN(S(=O)(=O)c3cccc(F)c3)C2)no1. The van der Waals surface area contributed by atoms with Crippen molar-refractivity contribution in [2.45, 2.75) is 37.0 Å². The summed E-state index contributed by atoms with van der Waals surface area (Å²) in [4.78, 5) is 4.27. The lowest BCUT2D eigenvalue weighted by Crippen LogP contribution is -2.39. The number of halogens is 1. The average molecular weight is 339 g/mol. The third kappa shape index (κ3) is 3.28. The van der Waals surface area contributed by atoms with Crippen molar-refractivity contribution in [3.05, 3.63) is 41.8 Å². The van der Waals surface area contributed by atoms with Crippen LogP contribution in [-0.2, 0) is 16.4 Å². The van der Waals surface area contributed by atoms with Gasteiger partial charge in [0.1, 0.15) is 5.82 Å². The number of hydrogen-bond donors (Lipinski definition) is 0. The molecule has 0 amide bonds. The van der Waals surface area contributed by atoms with E-state index in [1.807, 2.05) is 6.92 Å². The highest BCUT2D eigenvalue weighted by molar-refractivity contribution is 7.89. The molecule has 1 saturated heterocycles. The summed E-state index contributed by atoms with van der Waals surface area (Å²) in [5, 5.41) is 3.95. The molecule has 0 radical (unpaired) electrons. The van der Waals surface area contributed by atoms with Crippen molar-refractivity contribution in [3.63, 3.8) is 0 Å². The molecule has 0 aliphatic carbocycles. The first-order valence-electron chi connectivity index (χ1n) is 7.59. The van der Waals surface area contributed by atoms with Gasteiger partial charge in [0.05, 0.1) is 4.90 Å². The number of sulfonamides is 1. The summed E-state index contributed by atoms with van der Waals surface area (Å²) in [6.07, 6.45) is 2.15. The maximum absolute atomic E-state index is 13.3. The molecule has 0 unspecified atom stereocenters. The molecular weight excluding hydrogens is 321 g/mol. The van der Waals surface area contributed by atoms with Gasteiger partial charge in [-0.1, -0.05) is 18.1 Å². The lowest BCUT2D eigenvalue weighted by Gasteiger charge is -2.30. The second-order valence-electron chi connectivity index (χ2n) is 5.56. The minimum Gasteiger partial charge on any atom is -0.339 e. The van der Waals surface area contributed by atoms with Crippen molar-refractivity contribution in [1.82, 2.24) is 14.4 Å². The van der Waals surface area contributed by atoms with Crippen LogP contribution >= 0.6 is 0 Å². The third-order valence-electron chi connectivity index (χ3n) is 3.97. The molecule has 2 aromatic rings. The van der Waals surface area contributed by atoms with Gasteiger partial charge >= 0.3 is 0 Å². The van der Waals surface area contributed by atoms with Crippen LogP contribution in [0.5, 0.6) is 0 Å². The fourth-order valence-electron chi connectivity index (χ4n) is 2.73. The van der Waals surface area contributed by atoms with Gasteiger partial charge in [-0.25, -0.2) is 12.8 Å². The van der Waals surface area contributed by atoms with Gasteiger partial charge in [0.15, 0.2) is 5.82 Å². The Hall–Kier alpha value is -1.80. The fourth-order valence-corrected chi connectivity index (χ4v) is 4.28. The molecule has 1 atom stereocenters. The van der Waals surface area contributed by atoms with E-state index in [0.29, 0.717) is 31.1 Å². The summed E-state index contributed by atoms with van der Waals surface area (Å²) in [5.41, 5.74) is 0. The molecule has 1 aliphatic heterocycles. The Bertz CT molecular complexity index is 791. The maximum atomic E-state index is 13.3. The average Bonchev–Trinajstić information content (AvgIpc) is 3.04. The molecule has 2 heterocycles. The summed E-state index contributed by atoms with van der Waals surface area (Å²) in [5.74, 6) is 0.424. The van der Waals surface area contributed by atoms with E-state index in [9.17, 15) is 12.8 Å². The molecular formula is C15H18FN3O3S. The van der Waals surface area contributed by atoms with Gasteiger partial charge in [-0.05, 0) is 31.0 Å². The first-order chi connectivity index (χ1) is 11.0. The van der Waals surface area contributed by atoms with E-state index < -0.39 is 15.8 Å². The van der Waals surface area contributed by atoms with Gasteiger partial charge in [0, 0.05) is 25.4 Å². The minimum absolute atomic E-state index is 0.0273. The highest BCUT2D eigenvalue weighted by Gasteiger charge is 2.33. The van der Waals surface area contributed by atoms with Crippen LogP contribution in [-0.4, -0.2) is 36.0 Å². The Morgan fingerprint density at radius 1 is 1.43 bits per heavy atom. The normalized spacial score (nSPS) is 19.8. The zero-order valence-electron chi connectivity index (χ0n) is 12.8. The van der Waals surface area contributed by atoms with E-state index >= 15 is 0 Å². The minimum atomic E-state index is -3.72. The van der Waals surface area contributed by atoms with Gasteiger partial charge in [0.2, 0.25) is 15.9 Å². The molecule has 0 spiro atoms. The summed E-state index contributed by atoms with van der Waals surface area (Å²) >= 11 is 0. The molecule has 8 heteroatoms. The Morgan fingerprint density at radius 3 is 2.96 bits per heavy atom. The first kappa shape index (κ1) is 16.1. The summed E-state index contributed by atoms with van der Waals surface area (Å²) in [6.45, 7) is 2.61. The Morgan fingerprint density at radius 2 is 2.26 bits per heavy atom. The Kier molecular flexibility index (Phi) is 4.45. The number of aromatic nitrogens is 2. The molecule has 1 aromatic heterocycles. The van der Waals surface area contributed by atoms with Crippen molar-refractivity contribution in [2.24, 2.45) is 0 Å². The van der Waals surface area contributed by atoms with Gasteiger partial charge < -0.3 is 4.52 Å². The summed E-state index contributed by atoms with van der Waals surface area (Å²) in [7, 11) is -3.72. The number of piperidine rings is 1. The largest absolute Gasteiger partial charge is 0.339 e. The molecule has 23 heavy (non-hydrogen) atoms. The molecule has 3 rings (SSSR count). The fraction of sp³-hybridized carbons (Fsp3) is 0.467. The predicted octanol–water partition coefficient (Wildman–Crippen LogP) is 2.34. The molecule has 0 N–H and O–H groups in total. The monoisotopic (exact) mass is 339 g/mol. The quantitative estimate of drug-likeness (QED) is 0.854. The number of rotatable bonds is 4. The standard InChI is InChI=1S/C15H18FN3O3S/c1-2-14-17-15(18-22-14)11-5-4-8-19(10-11)23(20,21)13-7-3-6-12(16)9-13/h3,6-7,9,11H,2,4-5,8,10H2,1H3/t11-/m0/s1. The molecule has 6 nitrogen and oxygen atoms in total. The van der Waals surface area contributed by atoms with E-state index in [2.05, 4.69) is 10.1 Å². The van der Waals surface area contributed by atoms with Crippen LogP contribution in [0.4, 0.5) is 4.39 Å². The second-order valence-corrected chi connectivity index (χ2v) is 7.50. The van der Waals surface area contributed by atoms with Crippen molar-refractivity contribution >= 4 is 10.0 Å². The number of aryl methyl sites for hydroxylation is 1. The maximum Gasteiger partial charge on any atom is 0.243 e. The van der Waals surface area contributed by atoms with Crippen LogP contribution < -0.4 is 0 Å². The molecule has 1 aliphatic rings. The highest BCUT2D eigenvalue weighted by Crippen LogP contribution is 2.29. The second kappa shape index (κ2) is 6.37. The van der Waals surface area contributed by atoms with Crippen LogP contribution in [0.2, 0.25) is 0 Å². The van der Waals surface area contributed by atoms with Gasteiger partial charge in [-0.15, -0.1) is 0 Å². The van der Waals surface area contributed by atoms with Gasteiger partial charge in [-0.3, -0.25) is 0 Å². The van der Waals surface area contributed by atoms with E-state index in [-0.39, 0.29) is 17.4 Å². The molecule has 124 valence electrons. The first-order valence-corrected chi connectivity index (χ1v) is 9.03. The topological polar surface area (TPSA) is 76.3 Å². The molecule has 0 saturated carbocycles. The zero-order chi connectivity index (χ0) is 16.4. The number of benzene rings is 1. The third-order valence-corrected chi connectivity index (χ3v) is 5.83. The zero-order valence-corrected chi connectivity index (χ0v) is 13.6. The van der Waals surface area contributed by atoms with Crippen LogP contribution in [0.15, 0.2) is 33.7 Å². The van der Waals surface area contributed by atoms with Crippen molar-refractivity contribution in [2.75, 3.05) is 13.1 Å². The highest BCUT2D eigenvalue weighted by atomic mass is 32.2. The number of nitrogens with zero attached hydrogens (tertiary/aromatic N) is 3. The molecule has 1 fully saturated rings.